The molecule has 0 spiro atoms. The first kappa shape index (κ1) is 18.1. The number of halogens is 4. The van der Waals surface area contributed by atoms with Crippen molar-refractivity contribution in [3.05, 3.63) is 17.2 Å². The van der Waals surface area contributed by atoms with Crippen LogP contribution in [-0.4, -0.2) is 52.7 Å². The third-order valence-corrected chi connectivity index (χ3v) is 4.35. The fourth-order valence-corrected chi connectivity index (χ4v) is 2.94. The van der Waals surface area contributed by atoms with Crippen LogP contribution in [-0.2, 0) is 17.8 Å². The first-order valence-electron chi connectivity index (χ1n) is 7.52. The Bertz CT molecular complexity index is 539. The van der Waals surface area contributed by atoms with E-state index in [0.717, 1.165) is 17.4 Å². The van der Waals surface area contributed by atoms with Crippen molar-refractivity contribution in [3.63, 3.8) is 0 Å². The third-order valence-electron chi connectivity index (χ3n) is 4.05. The molecule has 1 aliphatic heterocycles. The van der Waals surface area contributed by atoms with Gasteiger partial charge in [-0.05, 0) is 19.9 Å². The molecule has 2 heterocycles. The van der Waals surface area contributed by atoms with Gasteiger partial charge in [0, 0.05) is 32.0 Å². The molecule has 0 radical (unpaired) electrons. The van der Waals surface area contributed by atoms with Gasteiger partial charge in [-0.15, -0.1) is 0 Å². The highest BCUT2D eigenvalue weighted by Crippen LogP contribution is 2.23. The van der Waals surface area contributed by atoms with Crippen LogP contribution >= 0.6 is 11.6 Å². The van der Waals surface area contributed by atoms with Crippen LogP contribution in [0.1, 0.15) is 25.1 Å². The zero-order valence-electron chi connectivity index (χ0n) is 12.9. The molecule has 9 heteroatoms. The Hall–Kier alpha value is -1.28. The molecule has 0 unspecified atom stereocenters. The van der Waals surface area contributed by atoms with Crippen LogP contribution in [0.15, 0.2) is 6.20 Å². The fraction of sp³-hybridized carbons (Fsp3) is 0.714. The number of imidazole rings is 1. The Labute approximate surface area is 137 Å². The summed E-state index contributed by atoms with van der Waals surface area (Å²) >= 11 is 5.75. The van der Waals surface area contributed by atoms with Crippen molar-refractivity contribution in [2.75, 3.05) is 20.1 Å². The summed E-state index contributed by atoms with van der Waals surface area (Å²) in [5, 5.41) is 3.11. The second kappa shape index (κ2) is 7.53. The number of hydrogen-bond donors (Lipinski definition) is 1. The summed E-state index contributed by atoms with van der Waals surface area (Å²) in [6.07, 6.45) is -1.14. The minimum Gasteiger partial charge on any atom is -0.343 e. The molecule has 1 aromatic rings. The third kappa shape index (κ3) is 5.10. The van der Waals surface area contributed by atoms with Gasteiger partial charge in [0.05, 0.1) is 6.20 Å². The molecule has 23 heavy (non-hydrogen) atoms. The van der Waals surface area contributed by atoms with Crippen LogP contribution in [0.4, 0.5) is 13.2 Å². The monoisotopic (exact) mass is 352 g/mol. The molecule has 0 bridgehead atoms. The van der Waals surface area contributed by atoms with E-state index in [4.69, 9.17) is 11.6 Å². The van der Waals surface area contributed by atoms with Gasteiger partial charge in [-0.2, -0.15) is 13.2 Å². The Balaban J connectivity index is 1.90. The molecule has 0 aromatic carbocycles. The number of aromatic nitrogens is 2. The Kier molecular flexibility index (Phi) is 5.91. The van der Waals surface area contributed by atoms with Crippen molar-refractivity contribution in [2.45, 2.75) is 44.4 Å². The second-order valence-electron chi connectivity index (χ2n) is 5.64. The van der Waals surface area contributed by atoms with Crippen molar-refractivity contribution in [1.29, 1.82) is 0 Å². The van der Waals surface area contributed by atoms with Crippen LogP contribution in [0.25, 0.3) is 0 Å². The van der Waals surface area contributed by atoms with Crippen molar-refractivity contribution < 1.29 is 18.0 Å². The van der Waals surface area contributed by atoms with Gasteiger partial charge >= 0.3 is 6.18 Å². The van der Waals surface area contributed by atoms with E-state index in [1.807, 2.05) is 7.05 Å². The van der Waals surface area contributed by atoms with Crippen molar-refractivity contribution >= 4 is 17.5 Å². The first-order valence-corrected chi connectivity index (χ1v) is 7.89. The number of carbonyl (C=O) groups excluding carboxylic acids is 1. The van der Waals surface area contributed by atoms with E-state index in [9.17, 15) is 18.0 Å². The number of aryl methyl sites for hydroxylation is 1. The lowest BCUT2D eigenvalue weighted by Crippen LogP contribution is -2.44. The number of nitrogens with one attached hydrogen (secondary N) is 1. The number of alkyl halides is 3. The van der Waals surface area contributed by atoms with E-state index < -0.39 is 12.7 Å². The summed E-state index contributed by atoms with van der Waals surface area (Å²) in [6, 6.07) is 0.420. The maximum absolute atomic E-state index is 12.6. The van der Waals surface area contributed by atoms with E-state index in [-0.39, 0.29) is 29.7 Å². The predicted molar refractivity (Wildman–Crippen MR) is 80.3 cm³/mol. The number of amides is 1. The van der Waals surface area contributed by atoms with Gasteiger partial charge in [-0.3, -0.25) is 4.79 Å². The van der Waals surface area contributed by atoms with Crippen molar-refractivity contribution in [1.82, 2.24) is 19.8 Å². The van der Waals surface area contributed by atoms with Crippen LogP contribution in [0.3, 0.4) is 0 Å². The lowest BCUT2D eigenvalue weighted by atomic mass is 10.0. The Morgan fingerprint density at radius 2 is 2.09 bits per heavy atom. The molecule has 1 amide bonds. The number of piperidine rings is 1. The van der Waals surface area contributed by atoms with Crippen LogP contribution in [0, 0.1) is 0 Å². The number of rotatable bonds is 5. The smallest absolute Gasteiger partial charge is 0.343 e. The van der Waals surface area contributed by atoms with Gasteiger partial charge in [0.15, 0.2) is 0 Å². The highest BCUT2D eigenvalue weighted by molar-refractivity contribution is 6.29. The molecular weight excluding hydrogens is 333 g/mol. The standard InChI is InChI=1S/C14H20ClF3N4O/c1-19-10-4-6-21(7-5-10)13(23)3-2-12-20-8-11(15)22(12)9-14(16,17)18/h8,10,19H,2-7,9H2,1H3. The van der Waals surface area contributed by atoms with Crippen LogP contribution in [0.2, 0.25) is 5.15 Å². The average molecular weight is 353 g/mol. The molecule has 1 fully saturated rings. The van der Waals surface area contributed by atoms with Gasteiger partial charge in [0.1, 0.15) is 17.5 Å². The zero-order valence-corrected chi connectivity index (χ0v) is 13.6. The molecule has 130 valence electrons. The van der Waals surface area contributed by atoms with Crippen LogP contribution < -0.4 is 5.32 Å². The number of hydrogen-bond acceptors (Lipinski definition) is 3. The summed E-state index contributed by atoms with van der Waals surface area (Å²) in [7, 11) is 1.90. The van der Waals surface area contributed by atoms with Gasteiger partial charge in [0.2, 0.25) is 5.91 Å². The molecule has 0 saturated carbocycles. The van der Waals surface area contributed by atoms with Crippen molar-refractivity contribution in [2.24, 2.45) is 0 Å². The zero-order chi connectivity index (χ0) is 17.0. The molecule has 0 aliphatic carbocycles. The Morgan fingerprint density at radius 3 is 2.65 bits per heavy atom. The van der Waals surface area contributed by atoms with Gasteiger partial charge in [-0.25, -0.2) is 4.98 Å². The van der Waals surface area contributed by atoms with E-state index >= 15 is 0 Å². The molecular formula is C14H20ClF3N4O. The quantitative estimate of drug-likeness (QED) is 0.884. The highest BCUT2D eigenvalue weighted by Gasteiger charge is 2.30. The normalized spacial score (nSPS) is 16.8. The summed E-state index contributed by atoms with van der Waals surface area (Å²) in [6.45, 7) is 0.146. The minimum absolute atomic E-state index is 0.0581. The topological polar surface area (TPSA) is 50.2 Å². The molecule has 2 rings (SSSR count). The minimum atomic E-state index is -4.38. The van der Waals surface area contributed by atoms with Crippen LogP contribution in [0.5, 0.6) is 0 Å². The average Bonchev–Trinajstić information content (AvgIpc) is 2.84. The number of nitrogens with zero attached hydrogens (tertiary/aromatic N) is 3. The molecule has 1 N–H and O–H groups in total. The predicted octanol–water partition coefficient (Wildman–Crippen LogP) is 2.24. The van der Waals surface area contributed by atoms with E-state index in [2.05, 4.69) is 10.3 Å². The summed E-state index contributed by atoms with van der Waals surface area (Å²) < 4.78 is 38.6. The maximum atomic E-state index is 12.6. The Morgan fingerprint density at radius 1 is 1.43 bits per heavy atom. The van der Waals surface area contributed by atoms with Gasteiger partial charge < -0.3 is 14.8 Å². The largest absolute Gasteiger partial charge is 0.406 e. The first-order chi connectivity index (χ1) is 10.8. The van der Waals surface area contributed by atoms with E-state index in [1.165, 1.54) is 6.20 Å². The molecule has 1 aromatic heterocycles. The van der Waals surface area contributed by atoms with Gasteiger partial charge in [0.25, 0.3) is 0 Å². The number of carbonyl (C=O) groups is 1. The lowest BCUT2D eigenvalue weighted by molar-refractivity contribution is -0.141. The number of likely N-dealkylation sites (tertiary alicyclic amines) is 1. The molecule has 1 saturated heterocycles. The van der Waals surface area contributed by atoms with E-state index in [0.29, 0.717) is 19.1 Å². The summed E-state index contributed by atoms with van der Waals surface area (Å²) in [5.41, 5.74) is 0. The van der Waals surface area contributed by atoms with E-state index in [1.54, 1.807) is 4.90 Å². The SMILES string of the molecule is CNC1CCN(C(=O)CCc2ncc(Cl)n2CC(F)(F)F)CC1. The summed E-state index contributed by atoms with van der Waals surface area (Å²) in [5.74, 6) is 0.128. The molecule has 5 nitrogen and oxygen atoms in total. The fourth-order valence-electron chi connectivity index (χ4n) is 2.73. The molecule has 1 aliphatic rings. The molecule has 0 atom stereocenters. The lowest BCUT2D eigenvalue weighted by Gasteiger charge is -2.31. The van der Waals surface area contributed by atoms with Crippen molar-refractivity contribution in [3.8, 4) is 0 Å². The van der Waals surface area contributed by atoms with Gasteiger partial charge in [-0.1, -0.05) is 11.6 Å². The second-order valence-corrected chi connectivity index (χ2v) is 6.03. The summed E-state index contributed by atoms with van der Waals surface area (Å²) in [4.78, 5) is 17.8. The highest BCUT2D eigenvalue weighted by atomic mass is 35.5. The maximum Gasteiger partial charge on any atom is 0.406 e.